The average Bonchev–Trinajstić information content (AvgIpc) is 2.84. The molecule has 19 heavy (non-hydrogen) atoms. The molecule has 2 rings (SSSR count). The summed E-state index contributed by atoms with van der Waals surface area (Å²) in [6, 6.07) is 0. The van der Waals surface area contributed by atoms with Crippen LogP contribution in [0.2, 0.25) is 0 Å². The Kier molecular flexibility index (Phi) is 4.86. The molecule has 0 radical (unpaired) electrons. The van der Waals surface area contributed by atoms with E-state index < -0.39 is 5.97 Å². The zero-order chi connectivity index (χ0) is 13.7. The number of methoxy groups -OCH3 is 1. The lowest BCUT2D eigenvalue weighted by molar-refractivity contribution is -0.143. The van der Waals surface area contributed by atoms with E-state index in [9.17, 15) is 4.79 Å². The molecule has 0 amide bonds. The van der Waals surface area contributed by atoms with Gasteiger partial charge in [-0.1, -0.05) is 5.16 Å². The van der Waals surface area contributed by atoms with Crippen molar-refractivity contribution in [3.8, 4) is 0 Å². The van der Waals surface area contributed by atoms with Gasteiger partial charge in [0.05, 0.1) is 19.1 Å². The lowest BCUT2D eigenvalue weighted by atomic mass is 9.97. The van der Waals surface area contributed by atoms with Gasteiger partial charge in [-0.15, -0.1) is 0 Å². The number of aromatic nitrogens is 2. The van der Waals surface area contributed by atoms with Gasteiger partial charge in [-0.2, -0.15) is 4.98 Å². The zero-order valence-electron chi connectivity index (χ0n) is 11.0. The minimum Gasteiger partial charge on any atom is -0.481 e. The second kappa shape index (κ2) is 6.63. The van der Waals surface area contributed by atoms with E-state index in [2.05, 4.69) is 15.0 Å². The molecule has 106 valence electrons. The van der Waals surface area contributed by atoms with Crippen LogP contribution >= 0.6 is 0 Å². The van der Waals surface area contributed by atoms with Crippen LogP contribution in [0.3, 0.4) is 0 Å². The summed E-state index contributed by atoms with van der Waals surface area (Å²) in [7, 11) is 1.63. The molecular formula is C12H19N3O4. The molecule has 0 aliphatic carbocycles. The number of carbonyl (C=O) groups is 1. The SMILES string of the molecule is COCCc1noc(CN2CCC(C(=O)O)CC2)n1. The van der Waals surface area contributed by atoms with Crippen LogP contribution in [0.1, 0.15) is 24.6 Å². The summed E-state index contributed by atoms with van der Waals surface area (Å²) < 4.78 is 10.1. The molecule has 1 saturated heterocycles. The van der Waals surface area contributed by atoms with Gasteiger partial charge >= 0.3 is 5.97 Å². The molecule has 1 N–H and O–H groups in total. The van der Waals surface area contributed by atoms with Crippen LogP contribution < -0.4 is 0 Å². The van der Waals surface area contributed by atoms with Gasteiger partial charge < -0.3 is 14.4 Å². The average molecular weight is 269 g/mol. The third kappa shape index (κ3) is 4.00. The van der Waals surface area contributed by atoms with Crippen LogP contribution in [0.5, 0.6) is 0 Å². The number of hydrogen-bond acceptors (Lipinski definition) is 6. The molecule has 2 heterocycles. The molecule has 0 spiro atoms. The van der Waals surface area contributed by atoms with Gasteiger partial charge in [0.25, 0.3) is 0 Å². The smallest absolute Gasteiger partial charge is 0.306 e. The Labute approximate surface area is 111 Å². The fourth-order valence-corrected chi connectivity index (χ4v) is 2.18. The standard InChI is InChI=1S/C12H19N3O4/c1-18-7-4-10-13-11(19-14-10)8-15-5-2-9(3-6-15)12(16)17/h9H,2-8H2,1H3,(H,16,17). The molecule has 1 aromatic heterocycles. The van der Waals surface area contributed by atoms with Crippen molar-refractivity contribution in [3.63, 3.8) is 0 Å². The van der Waals surface area contributed by atoms with E-state index in [1.807, 2.05) is 0 Å². The Bertz CT molecular complexity index is 413. The van der Waals surface area contributed by atoms with Crippen LogP contribution in [0.4, 0.5) is 0 Å². The van der Waals surface area contributed by atoms with Gasteiger partial charge in [-0.05, 0) is 25.9 Å². The Morgan fingerprint density at radius 1 is 1.53 bits per heavy atom. The molecule has 0 saturated carbocycles. The van der Waals surface area contributed by atoms with Crippen LogP contribution in [-0.2, 0) is 22.5 Å². The Morgan fingerprint density at radius 3 is 2.89 bits per heavy atom. The van der Waals surface area contributed by atoms with E-state index in [0.717, 1.165) is 13.1 Å². The van der Waals surface area contributed by atoms with Crippen molar-refractivity contribution in [2.75, 3.05) is 26.8 Å². The molecule has 1 aliphatic rings. The molecule has 7 nitrogen and oxygen atoms in total. The first-order valence-corrected chi connectivity index (χ1v) is 6.44. The minimum absolute atomic E-state index is 0.212. The van der Waals surface area contributed by atoms with Crippen molar-refractivity contribution in [1.29, 1.82) is 0 Å². The van der Waals surface area contributed by atoms with Crippen molar-refractivity contribution in [2.24, 2.45) is 5.92 Å². The molecule has 0 aromatic carbocycles. The number of carboxylic acids is 1. The maximum atomic E-state index is 10.9. The highest BCUT2D eigenvalue weighted by Crippen LogP contribution is 2.18. The first kappa shape index (κ1) is 14.0. The van der Waals surface area contributed by atoms with Crippen molar-refractivity contribution in [3.05, 3.63) is 11.7 Å². The Balaban J connectivity index is 1.79. The quantitative estimate of drug-likeness (QED) is 0.806. The molecule has 1 fully saturated rings. The first-order valence-electron chi connectivity index (χ1n) is 6.44. The van der Waals surface area contributed by atoms with Crippen molar-refractivity contribution < 1.29 is 19.2 Å². The van der Waals surface area contributed by atoms with E-state index in [4.69, 9.17) is 14.4 Å². The Hall–Kier alpha value is -1.47. The van der Waals surface area contributed by atoms with Crippen LogP contribution in [-0.4, -0.2) is 52.9 Å². The summed E-state index contributed by atoms with van der Waals surface area (Å²) >= 11 is 0. The number of likely N-dealkylation sites (tertiary alicyclic amines) is 1. The highest BCUT2D eigenvalue weighted by atomic mass is 16.5. The second-order valence-corrected chi connectivity index (χ2v) is 4.74. The molecular weight excluding hydrogens is 250 g/mol. The van der Waals surface area contributed by atoms with Crippen molar-refractivity contribution >= 4 is 5.97 Å². The number of piperidine rings is 1. The number of nitrogens with zero attached hydrogens (tertiary/aromatic N) is 3. The van der Waals surface area contributed by atoms with Gasteiger partial charge in [0.2, 0.25) is 5.89 Å². The predicted molar refractivity (Wildman–Crippen MR) is 65.5 cm³/mol. The molecule has 0 atom stereocenters. The minimum atomic E-state index is -0.695. The monoisotopic (exact) mass is 269 g/mol. The van der Waals surface area contributed by atoms with Gasteiger partial charge in [0, 0.05) is 13.5 Å². The third-order valence-corrected chi connectivity index (χ3v) is 3.34. The van der Waals surface area contributed by atoms with E-state index in [0.29, 0.717) is 44.1 Å². The van der Waals surface area contributed by atoms with Crippen molar-refractivity contribution in [2.45, 2.75) is 25.8 Å². The largest absolute Gasteiger partial charge is 0.481 e. The highest BCUT2D eigenvalue weighted by Gasteiger charge is 2.25. The second-order valence-electron chi connectivity index (χ2n) is 4.74. The van der Waals surface area contributed by atoms with Crippen LogP contribution in [0.15, 0.2) is 4.52 Å². The normalized spacial score (nSPS) is 17.7. The van der Waals surface area contributed by atoms with Gasteiger partial charge in [0.1, 0.15) is 0 Å². The summed E-state index contributed by atoms with van der Waals surface area (Å²) in [6.07, 6.45) is 2.00. The summed E-state index contributed by atoms with van der Waals surface area (Å²) in [5.41, 5.74) is 0. The fraction of sp³-hybridized carbons (Fsp3) is 0.750. The fourth-order valence-electron chi connectivity index (χ4n) is 2.18. The Morgan fingerprint density at radius 2 is 2.26 bits per heavy atom. The summed E-state index contributed by atoms with van der Waals surface area (Å²) in [5.74, 6) is 0.327. The van der Waals surface area contributed by atoms with Crippen LogP contribution in [0.25, 0.3) is 0 Å². The highest BCUT2D eigenvalue weighted by molar-refractivity contribution is 5.70. The number of hydrogen-bond donors (Lipinski definition) is 1. The lowest BCUT2D eigenvalue weighted by Gasteiger charge is -2.28. The molecule has 7 heteroatoms. The van der Waals surface area contributed by atoms with Gasteiger partial charge in [-0.3, -0.25) is 9.69 Å². The number of aliphatic carboxylic acids is 1. The molecule has 0 bridgehead atoms. The van der Waals surface area contributed by atoms with Gasteiger partial charge in [-0.25, -0.2) is 0 Å². The number of rotatable bonds is 6. The number of ether oxygens (including phenoxy) is 1. The zero-order valence-corrected chi connectivity index (χ0v) is 11.0. The van der Waals surface area contributed by atoms with E-state index in [1.165, 1.54) is 0 Å². The summed E-state index contributed by atoms with van der Waals surface area (Å²) in [4.78, 5) is 17.3. The molecule has 0 unspecified atom stereocenters. The van der Waals surface area contributed by atoms with Crippen LogP contribution in [0, 0.1) is 5.92 Å². The van der Waals surface area contributed by atoms with E-state index in [-0.39, 0.29) is 5.92 Å². The molecule has 1 aliphatic heterocycles. The van der Waals surface area contributed by atoms with E-state index in [1.54, 1.807) is 7.11 Å². The molecule has 1 aromatic rings. The van der Waals surface area contributed by atoms with Crippen molar-refractivity contribution in [1.82, 2.24) is 15.0 Å². The predicted octanol–water partition coefficient (Wildman–Crippen LogP) is 0.555. The summed E-state index contributed by atoms with van der Waals surface area (Å²) in [5, 5.41) is 12.8. The maximum absolute atomic E-state index is 10.9. The lowest BCUT2D eigenvalue weighted by Crippen LogP contribution is -2.35. The third-order valence-electron chi connectivity index (χ3n) is 3.34. The first-order chi connectivity index (χ1) is 9.19. The van der Waals surface area contributed by atoms with E-state index >= 15 is 0 Å². The summed E-state index contributed by atoms with van der Waals surface area (Å²) in [6.45, 7) is 2.68. The van der Waals surface area contributed by atoms with Gasteiger partial charge in [0.15, 0.2) is 5.82 Å². The number of carboxylic acid groups (broad SMARTS) is 1. The maximum Gasteiger partial charge on any atom is 0.306 e. The topological polar surface area (TPSA) is 88.7 Å².